The van der Waals surface area contributed by atoms with Crippen LogP contribution in [0.4, 0.5) is 4.39 Å². The quantitative estimate of drug-likeness (QED) is 0.844. The summed E-state index contributed by atoms with van der Waals surface area (Å²) < 4.78 is 18.1. The van der Waals surface area contributed by atoms with Gasteiger partial charge < -0.3 is 9.42 Å². The van der Waals surface area contributed by atoms with E-state index in [1.54, 1.807) is 25.1 Å². The van der Waals surface area contributed by atoms with Crippen LogP contribution >= 0.6 is 0 Å². The number of amides is 1. The number of rotatable bonds is 5. The number of carbonyl (C=O) groups excluding carboxylic acids is 1. The first-order chi connectivity index (χ1) is 11.1. The zero-order chi connectivity index (χ0) is 16.2. The molecule has 2 aromatic rings. The molecule has 1 heterocycles. The van der Waals surface area contributed by atoms with Crippen molar-refractivity contribution in [2.24, 2.45) is 0 Å². The number of halogens is 1. The molecule has 0 aliphatic heterocycles. The Labute approximate surface area is 135 Å². The molecule has 1 aromatic heterocycles. The molecule has 1 fully saturated rings. The second kappa shape index (κ2) is 6.94. The van der Waals surface area contributed by atoms with Crippen LogP contribution in [0.2, 0.25) is 0 Å². The summed E-state index contributed by atoms with van der Waals surface area (Å²) in [7, 11) is 0. The Bertz CT molecular complexity index is 660. The van der Waals surface area contributed by atoms with Crippen molar-refractivity contribution < 1.29 is 13.7 Å². The van der Waals surface area contributed by atoms with E-state index in [1.807, 2.05) is 4.90 Å². The van der Waals surface area contributed by atoms with Crippen molar-refractivity contribution in [3.63, 3.8) is 0 Å². The minimum Gasteiger partial charge on any atom is -0.351 e. The first-order valence-electron chi connectivity index (χ1n) is 8.12. The molecule has 0 radical (unpaired) electrons. The molecule has 3 rings (SSSR count). The SMILES string of the molecule is Cc1cc(C(=O)N(CCc2ccc(F)cc2)C2CCCC2)on1. The lowest BCUT2D eigenvalue weighted by atomic mass is 10.1. The number of carbonyl (C=O) groups is 1. The van der Waals surface area contributed by atoms with Crippen LogP contribution in [0.5, 0.6) is 0 Å². The summed E-state index contributed by atoms with van der Waals surface area (Å²) in [6.45, 7) is 2.41. The third kappa shape index (κ3) is 3.78. The van der Waals surface area contributed by atoms with Gasteiger partial charge in [-0.25, -0.2) is 4.39 Å². The van der Waals surface area contributed by atoms with E-state index in [4.69, 9.17) is 4.52 Å². The van der Waals surface area contributed by atoms with Gasteiger partial charge in [-0.1, -0.05) is 30.1 Å². The highest BCUT2D eigenvalue weighted by molar-refractivity contribution is 5.91. The predicted molar refractivity (Wildman–Crippen MR) is 84.6 cm³/mol. The number of hydrogen-bond donors (Lipinski definition) is 0. The molecule has 23 heavy (non-hydrogen) atoms. The van der Waals surface area contributed by atoms with E-state index in [0.717, 1.165) is 31.2 Å². The molecule has 0 spiro atoms. The molecule has 0 saturated heterocycles. The highest BCUT2D eigenvalue weighted by Gasteiger charge is 2.29. The van der Waals surface area contributed by atoms with Crippen LogP contribution in [-0.2, 0) is 6.42 Å². The fourth-order valence-electron chi connectivity index (χ4n) is 3.17. The number of hydrogen-bond acceptors (Lipinski definition) is 3. The van der Waals surface area contributed by atoms with Gasteiger partial charge in [-0.15, -0.1) is 0 Å². The third-order valence-electron chi connectivity index (χ3n) is 4.42. The van der Waals surface area contributed by atoms with Crippen molar-refractivity contribution in [1.29, 1.82) is 0 Å². The Hall–Kier alpha value is -2.17. The monoisotopic (exact) mass is 316 g/mol. The topological polar surface area (TPSA) is 46.3 Å². The molecular weight excluding hydrogens is 295 g/mol. The minimum absolute atomic E-state index is 0.0976. The van der Waals surface area contributed by atoms with Gasteiger partial charge >= 0.3 is 0 Å². The number of benzene rings is 1. The second-order valence-corrected chi connectivity index (χ2v) is 6.15. The standard InChI is InChI=1S/C18H21FN2O2/c1-13-12-17(23-20-13)18(22)21(16-4-2-3-5-16)11-10-14-6-8-15(19)9-7-14/h6-9,12,16H,2-5,10-11H2,1H3. The normalized spacial score (nSPS) is 15.0. The van der Waals surface area contributed by atoms with Crippen molar-refractivity contribution in [2.45, 2.75) is 45.1 Å². The van der Waals surface area contributed by atoms with Crippen LogP contribution in [0.15, 0.2) is 34.9 Å². The molecule has 4 nitrogen and oxygen atoms in total. The third-order valence-corrected chi connectivity index (χ3v) is 4.42. The minimum atomic E-state index is -0.241. The molecular formula is C18H21FN2O2. The summed E-state index contributed by atoms with van der Waals surface area (Å²) >= 11 is 0. The maximum atomic E-state index is 13.0. The summed E-state index contributed by atoms with van der Waals surface area (Å²) in [4.78, 5) is 14.7. The highest BCUT2D eigenvalue weighted by Crippen LogP contribution is 2.25. The van der Waals surface area contributed by atoms with Crippen LogP contribution in [-0.4, -0.2) is 28.6 Å². The van der Waals surface area contributed by atoms with Gasteiger partial charge in [0.25, 0.3) is 5.91 Å². The lowest BCUT2D eigenvalue weighted by Crippen LogP contribution is -2.40. The first kappa shape index (κ1) is 15.7. The fraction of sp³-hybridized carbons (Fsp3) is 0.444. The van der Waals surface area contributed by atoms with Crippen LogP contribution in [0, 0.1) is 12.7 Å². The van der Waals surface area contributed by atoms with Gasteiger partial charge in [-0.3, -0.25) is 4.79 Å². The Morgan fingerprint density at radius 1 is 1.30 bits per heavy atom. The lowest BCUT2D eigenvalue weighted by molar-refractivity contribution is 0.0641. The van der Waals surface area contributed by atoms with E-state index in [-0.39, 0.29) is 17.8 Å². The van der Waals surface area contributed by atoms with Crippen LogP contribution in [0.25, 0.3) is 0 Å². The smallest absolute Gasteiger partial charge is 0.292 e. The van der Waals surface area contributed by atoms with Gasteiger partial charge in [-0.2, -0.15) is 0 Å². The Kier molecular flexibility index (Phi) is 4.74. The second-order valence-electron chi connectivity index (χ2n) is 6.15. The van der Waals surface area contributed by atoms with E-state index < -0.39 is 0 Å². The van der Waals surface area contributed by atoms with Crippen LogP contribution < -0.4 is 0 Å². The molecule has 1 saturated carbocycles. The van der Waals surface area contributed by atoms with Gasteiger partial charge in [0.05, 0.1) is 5.69 Å². The van der Waals surface area contributed by atoms with Crippen molar-refractivity contribution in [3.05, 3.63) is 53.2 Å². The molecule has 0 unspecified atom stereocenters. The van der Waals surface area contributed by atoms with Crippen molar-refractivity contribution in [2.75, 3.05) is 6.54 Å². The average molecular weight is 316 g/mol. The molecule has 0 atom stereocenters. The highest BCUT2D eigenvalue weighted by atomic mass is 19.1. The fourth-order valence-corrected chi connectivity index (χ4v) is 3.17. The van der Waals surface area contributed by atoms with E-state index in [1.165, 1.54) is 12.1 Å². The van der Waals surface area contributed by atoms with Gasteiger partial charge in [0.15, 0.2) is 0 Å². The van der Waals surface area contributed by atoms with Gasteiger partial charge in [0.1, 0.15) is 5.82 Å². The summed E-state index contributed by atoms with van der Waals surface area (Å²) in [6.07, 6.45) is 5.07. The van der Waals surface area contributed by atoms with Crippen LogP contribution in [0.1, 0.15) is 47.5 Å². The van der Waals surface area contributed by atoms with Gasteiger partial charge in [-0.05, 0) is 43.9 Å². The van der Waals surface area contributed by atoms with E-state index in [9.17, 15) is 9.18 Å². The molecule has 1 amide bonds. The zero-order valence-corrected chi connectivity index (χ0v) is 13.3. The number of nitrogens with zero attached hydrogens (tertiary/aromatic N) is 2. The predicted octanol–water partition coefficient (Wildman–Crippen LogP) is 3.75. The number of aryl methyl sites for hydroxylation is 1. The molecule has 0 N–H and O–H groups in total. The zero-order valence-electron chi connectivity index (χ0n) is 13.3. The van der Waals surface area contributed by atoms with Crippen molar-refractivity contribution in [1.82, 2.24) is 10.1 Å². The maximum Gasteiger partial charge on any atom is 0.292 e. The maximum absolute atomic E-state index is 13.0. The molecule has 5 heteroatoms. The van der Waals surface area contributed by atoms with E-state index >= 15 is 0 Å². The van der Waals surface area contributed by atoms with E-state index in [2.05, 4.69) is 5.16 Å². The Morgan fingerprint density at radius 2 is 2.00 bits per heavy atom. The Balaban J connectivity index is 1.72. The number of aromatic nitrogens is 1. The summed E-state index contributed by atoms with van der Waals surface area (Å²) in [5, 5.41) is 3.81. The molecule has 1 aromatic carbocycles. The van der Waals surface area contributed by atoms with Gasteiger partial charge in [0, 0.05) is 18.7 Å². The van der Waals surface area contributed by atoms with Gasteiger partial charge in [0.2, 0.25) is 5.76 Å². The summed E-state index contributed by atoms with van der Waals surface area (Å²) in [5.74, 6) is -0.0391. The van der Waals surface area contributed by atoms with Crippen molar-refractivity contribution in [3.8, 4) is 0 Å². The average Bonchev–Trinajstić information content (AvgIpc) is 3.21. The molecule has 1 aliphatic rings. The lowest BCUT2D eigenvalue weighted by Gasteiger charge is -2.28. The molecule has 122 valence electrons. The summed E-state index contributed by atoms with van der Waals surface area (Å²) in [5.41, 5.74) is 1.73. The van der Waals surface area contributed by atoms with Crippen LogP contribution in [0.3, 0.4) is 0 Å². The van der Waals surface area contributed by atoms with E-state index in [0.29, 0.717) is 24.4 Å². The Morgan fingerprint density at radius 3 is 2.61 bits per heavy atom. The van der Waals surface area contributed by atoms with Crippen molar-refractivity contribution >= 4 is 5.91 Å². The molecule has 0 bridgehead atoms. The molecule has 1 aliphatic carbocycles. The first-order valence-corrected chi connectivity index (χ1v) is 8.12. The summed E-state index contributed by atoms with van der Waals surface area (Å²) in [6, 6.07) is 8.39. The largest absolute Gasteiger partial charge is 0.351 e.